The second kappa shape index (κ2) is 10.5. The van der Waals surface area contributed by atoms with Gasteiger partial charge in [0.2, 0.25) is 0 Å². The molecule has 0 bridgehead atoms. The molecule has 0 unspecified atom stereocenters. The summed E-state index contributed by atoms with van der Waals surface area (Å²) in [5, 5.41) is 13.6. The number of hydrogen-bond donors (Lipinski definition) is 2. The van der Waals surface area contributed by atoms with Gasteiger partial charge in [-0.15, -0.1) is 0 Å². The number of benzene rings is 2. The maximum Gasteiger partial charge on any atom is 0.318 e. The molecule has 2 aromatic carbocycles. The number of carbonyl (C=O) groups is 1. The number of halogens is 2. The first-order valence-electron chi connectivity index (χ1n) is 10.1. The third kappa shape index (κ3) is 5.69. The molecular formula is C24H25ClIN3O3. The van der Waals surface area contributed by atoms with Crippen molar-refractivity contribution in [1.82, 2.24) is 9.97 Å². The Hall–Kier alpha value is -2.39. The molecule has 0 spiro atoms. The third-order valence-corrected chi connectivity index (χ3v) is 6.51. The van der Waals surface area contributed by atoms with Gasteiger partial charge in [-0.3, -0.25) is 4.79 Å². The summed E-state index contributed by atoms with van der Waals surface area (Å²) in [6.07, 6.45) is 0.740. The smallest absolute Gasteiger partial charge is 0.318 e. The van der Waals surface area contributed by atoms with Gasteiger partial charge in [0.25, 0.3) is 0 Å². The third-order valence-electron chi connectivity index (χ3n) is 5.28. The monoisotopic (exact) mass is 565 g/mol. The van der Waals surface area contributed by atoms with Crippen LogP contribution in [0.3, 0.4) is 0 Å². The molecule has 0 aliphatic rings. The Bertz CT molecular complexity index is 1120. The molecule has 0 amide bonds. The molecule has 0 saturated carbocycles. The van der Waals surface area contributed by atoms with E-state index >= 15 is 0 Å². The molecule has 1 aromatic heterocycles. The largest absolute Gasteiger partial charge is 0.481 e. The Balaban J connectivity index is 1.81. The highest BCUT2D eigenvalue weighted by molar-refractivity contribution is 14.1. The van der Waals surface area contributed by atoms with Crippen LogP contribution < -0.4 is 10.1 Å². The zero-order valence-corrected chi connectivity index (χ0v) is 21.1. The summed E-state index contributed by atoms with van der Waals surface area (Å²) in [6, 6.07) is 15.6. The molecule has 0 saturated heterocycles. The molecule has 3 rings (SSSR count). The Morgan fingerprint density at radius 2 is 1.97 bits per heavy atom. The van der Waals surface area contributed by atoms with Gasteiger partial charge in [-0.05, 0) is 49.1 Å². The molecule has 32 heavy (non-hydrogen) atoms. The van der Waals surface area contributed by atoms with Crippen LogP contribution in [0.4, 0.5) is 5.82 Å². The minimum absolute atomic E-state index is 0.234. The van der Waals surface area contributed by atoms with Gasteiger partial charge in [0.15, 0.2) is 0 Å². The van der Waals surface area contributed by atoms with Crippen LogP contribution in [0.15, 0.2) is 48.5 Å². The van der Waals surface area contributed by atoms with Gasteiger partial charge in [0.1, 0.15) is 5.82 Å². The summed E-state index contributed by atoms with van der Waals surface area (Å²) in [7, 11) is 1.52. The number of rotatable bonds is 9. The van der Waals surface area contributed by atoms with E-state index in [9.17, 15) is 9.90 Å². The van der Waals surface area contributed by atoms with Gasteiger partial charge in [-0.2, -0.15) is 9.97 Å². The Morgan fingerprint density at radius 1 is 1.19 bits per heavy atom. The highest BCUT2D eigenvalue weighted by atomic mass is 127. The molecule has 2 N–H and O–H groups in total. The van der Waals surface area contributed by atoms with E-state index in [1.165, 1.54) is 12.7 Å². The molecule has 0 aliphatic heterocycles. The van der Waals surface area contributed by atoms with E-state index in [4.69, 9.17) is 16.3 Å². The van der Waals surface area contributed by atoms with Crippen LogP contribution in [0, 0.1) is 0 Å². The van der Waals surface area contributed by atoms with Crippen molar-refractivity contribution in [3.8, 4) is 17.3 Å². The molecule has 0 aliphatic carbocycles. The van der Waals surface area contributed by atoms with E-state index in [1.54, 1.807) is 13.8 Å². The van der Waals surface area contributed by atoms with Crippen LogP contribution in [-0.4, -0.2) is 34.7 Å². The van der Waals surface area contributed by atoms with E-state index in [0.717, 1.165) is 27.0 Å². The highest BCUT2D eigenvalue weighted by Gasteiger charge is 2.29. The first kappa shape index (κ1) is 24.3. The van der Waals surface area contributed by atoms with E-state index in [-0.39, 0.29) is 6.01 Å². The molecule has 0 radical (unpaired) electrons. The lowest BCUT2D eigenvalue weighted by atomic mass is 9.84. The molecule has 1 heterocycles. The maximum absolute atomic E-state index is 11.7. The van der Waals surface area contributed by atoms with E-state index in [0.29, 0.717) is 23.6 Å². The number of carboxylic acids is 1. The van der Waals surface area contributed by atoms with Crippen LogP contribution in [0.25, 0.3) is 11.3 Å². The second-order valence-electron chi connectivity index (χ2n) is 7.87. The fraction of sp³-hybridized carbons (Fsp3) is 0.292. The lowest BCUT2D eigenvalue weighted by molar-refractivity contribution is -0.142. The number of aliphatic carboxylic acids is 1. The number of carboxylic acid groups (broad SMARTS) is 1. The number of alkyl halides is 1. The van der Waals surface area contributed by atoms with E-state index in [2.05, 4.69) is 50.0 Å². The molecule has 0 fully saturated rings. The number of ether oxygens (including phenoxy) is 1. The number of methoxy groups -OCH3 is 1. The first-order valence-corrected chi connectivity index (χ1v) is 12.0. The SMILES string of the molecule is COc1nc(NCCc2ccc(CI)cc2Cl)cc(-c2cccc(C(C)(C)C(=O)O)c2)n1. The van der Waals surface area contributed by atoms with Gasteiger partial charge in [-0.1, -0.05) is 64.5 Å². The Morgan fingerprint density at radius 3 is 2.62 bits per heavy atom. The average molecular weight is 566 g/mol. The Labute approximate surface area is 206 Å². The van der Waals surface area contributed by atoms with Gasteiger partial charge in [0.05, 0.1) is 18.2 Å². The molecule has 3 aromatic rings. The highest BCUT2D eigenvalue weighted by Crippen LogP contribution is 2.29. The number of nitrogens with zero attached hydrogens (tertiary/aromatic N) is 2. The minimum Gasteiger partial charge on any atom is -0.481 e. The zero-order chi connectivity index (χ0) is 23.3. The lowest BCUT2D eigenvalue weighted by Gasteiger charge is -2.20. The van der Waals surface area contributed by atoms with Crippen molar-refractivity contribution >= 4 is 46.0 Å². The summed E-state index contributed by atoms with van der Waals surface area (Å²) < 4.78 is 6.20. The van der Waals surface area contributed by atoms with Gasteiger partial charge in [0, 0.05) is 27.6 Å². The molecule has 168 valence electrons. The topological polar surface area (TPSA) is 84.3 Å². The quantitative estimate of drug-likeness (QED) is 0.254. The predicted octanol–water partition coefficient (Wildman–Crippen LogP) is 5.76. The van der Waals surface area contributed by atoms with Crippen molar-refractivity contribution in [2.24, 2.45) is 0 Å². The van der Waals surface area contributed by atoms with Crippen molar-refractivity contribution in [3.05, 3.63) is 70.2 Å². The second-order valence-corrected chi connectivity index (χ2v) is 9.04. The summed E-state index contributed by atoms with van der Waals surface area (Å²) >= 11 is 8.71. The van der Waals surface area contributed by atoms with Crippen molar-refractivity contribution < 1.29 is 14.6 Å². The van der Waals surface area contributed by atoms with Crippen molar-refractivity contribution in [2.75, 3.05) is 19.0 Å². The van der Waals surface area contributed by atoms with Crippen LogP contribution >= 0.6 is 34.2 Å². The van der Waals surface area contributed by atoms with Gasteiger partial charge in [-0.25, -0.2) is 0 Å². The number of hydrogen-bond acceptors (Lipinski definition) is 5. The first-order chi connectivity index (χ1) is 15.2. The number of aromatic nitrogens is 2. The molecule has 6 nitrogen and oxygen atoms in total. The summed E-state index contributed by atoms with van der Waals surface area (Å²) in [5.74, 6) is -0.266. The van der Waals surface area contributed by atoms with E-state index < -0.39 is 11.4 Å². The van der Waals surface area contributed by atoms with Crippen LogP contribution in [-0.2, 0) is 21.1 Å². The zero-order valence-electron chi connectivity index (χ0n) is 18.2. The summed E-state index contributed by atoms with van der Waals surface area (Å²) in [6.45, 7) is 3.99. The molecule has 0 atom stereocenters. The number of nitrogens with one attached hydrogen (secondary N) is 1. The maximum atomic E-state index is 11.7. The van der Waals surface area contributed by atoms with E-state index in [1.807, 2.05) is 36.4 Å². The predicted molar refractivity (Wildman–Crippen MR) is 136 cm³/mol. The molecule has 8 heteroatoms. The van der Waals surface area contributed by atoms with Crippen LogP contribution in [0.1, 0.15) is 30.5 Å². The van der Waals surface area contributed by atoms with Crippen molar-refractivity contribution in [2.45, 2.75) is 30.1 Å². The number of anilines is 1. The average Bonchev–Trinajstić information content (AvgIpc) is 2.79. The van der Waals surface area contributed by atoms with Crippen molar-refractivity contribution in [1.29, 1.82) is 0 Å². The van der Waals surface area contributed by atoms with Crippen LogP contribution in [0.2, 0.25) is 5.02 Å². The van der Waals surface area contributed by atoms with Crippen molar-refractivity contribution in [3.63, 3.8) is 0 Å². The summed E-state index contributed by atoms with van der Waals surface area (Å²) in [5.41, 5.74) is 3.38. The minimum atomic E-state index is -1.01. The fourth-order valence-electron chi connectivity index (χ4n) is 3.15. The van der Waals surface area contributed by atoms with Gasteiger partial charge >= 0.3 is 12.0 Å². The fourth-order valence-corrected chi connectivity index (χ4v) is 3.92. The lowest BCUT2D eigenvalue weighted by Crippen LogP contribution is -2.28. The standard InChI is InChI=1S/C24H25ClIN3O3/c1-24(2,22(30)31)18-6-4-5-17(12-18)20-13-21(29-23(28-20)32-3)27-10-9-16-8-7-15(14-26)11-19(16)25/h4-8,11-13H,9-10,14H2,1-3H3,(H,30,31)(H,27,28,29). The van der Waals surface area contributed by atoms with Crippen LogP contribution in [0.5, 0.6) is 6.01 Å². The normalized spacial score (nSPS) is 11.3. The summed E-state index contributed by atoms with van der Waals surface area (Å²) in [4.78, 5) is 20.5. The Kier molecular flexibility index (Phi) is 7.95. The van der Waals surface area contributed by atoms with Gasteiger partial charge < -0.3 is 15.2 Å². The molecular weight excluding hydrogens is 541 g/mol.